The summed E-state index contributed by atoms with van der Waals surface area (Å²) in [6.45, 7) is 0.210. The SMILES string of the molecule is COc1ccccc1C#CN(Cc1ccccc1)S(C)(=O)=O. The maximum Gasteiger partial charge on any atom is 0.239 e. The number of hydrogen-bond donors (Lipinski definition) is 0. The van der Waals surface area contributed by atoms with Gasteiger partial charge in [-0.3, -0.25) is 0 Å². The first-order chi connectivity index (χ1) is 10.5. The average Bonchev–Trinajstić information content (AvgIpc) is 2.51. The van der Waals surface area contributed by atoms with Crippen LogP contribution in [0.1, 0.15) is 11.1 Å². The highest BCUT2D eigenvalue weighted by molar-refractivity contribution is 7.88. The van der Waals surface area contributed by atoms with E-state index in [1.165, 1.54) is 0 Å². The summed E-state index contributed by atoms with van der Waals surface area (Å²) >= 11 is 0. The summed E-state index contributed by atoms with van der Waals surface area (Å²) in [4.78, 5) is 0. The molecule has 5 heteroatoms. The number of hydrogen-bond acceptors (Lipinski definition) is 3. The normalized spacial score (nSPS) is 10.5. The van der Waals surface area contributed by atoms with Crippen molar-refractivity contribution in [2.24, 2.45) is 0 Å². The van der Waals surface area contributed by atoms with Gasteiger partial charge in [-0.25, -0.2) is 12.7 Å². The Hall–Kier alpha value is -2.45. The maximum atomic E-state index is 11.9. The van der Waals surface area contributed by atoms with Crippen LogP contribution < -0.4 is 4.74 Å². The number of nitrogens with zero attached hydrogens (tertiary/aromatic N) is 1. The van der Waals surface area contributed by atoms with Gasteiger partial charge in [-0.2, -0.15) is 0 Å². The van der Waals surface area contributed by atoms with Gasteiger partial charge in [0, 0.05) is 6.04 Å². The molecule has 0 aliphatic rings. The lowest BCUT2D eigenvalue weighted by Gasteiger charge is -2.15. The minimum absolute atomic E-state index is 0.210. The van der Waals surface area contributed by atoms with Crippen LogP contribution in [0, 0.1) is 12.0 Å². The van der Waals surface area contributed by atoms with Gasteiger partial charge in [0.1, 0.15) is 5.75 Å². The number of para-hydroxylation sites is 1. The lowest BCUT2D eigenvalue weighted by atomic mass is 10.2. The number of ether oxygens (including phenoxy) is 1. The van der Waals surface area contributed by atoms with E-state index >= 15 is 0 Å². The third-order valence-electron chi connectivity index (χ3n) is 2.99. The van der Waals surface area contributed by atoms with E-state index in [-0.39, 0.29) is 6.54 Å². The van der Waals surface area contributed by atoms with E-state index in [9.17, 15) is 8.42 Å². The van der Waals surface area contributed by atoms with Crippen LogP contribution in [-0.4, -0.2) is 26.1 Å². The van der Waals surface area contributed by atoms with E-state index < -0.39 is 10.0 Å². The van der Waals surface area contributed by atoms with Gasteiger partial charge in [0.25, 0.3) is 0 Å². The molecule has 0 radical (unpaired) electrons. The molecule has 0 unspecified atom stereocenters. The first kappa shape index (κ1) is 15.9. The second-order valence-corrected chi connectivity index (χ2v) is 6.60. The standard InChI is InChI=1S/C17H17NO3S/c1-21-17-11-7-6-10-16(17)12-13-18(22(2,19)20)14-15-8-4-3-5-9-15/h3-11H,14H2,1-2H3. The predicted octanol–water partition coefficient (Wildman–Crippen LogP) is 2.47. The van der Waals surface area contributed by atoms with Crippen molar-refractivity contribution in [2.75, 3.05) is 13.4 Å². The monoisotopic (exact) mass is 315 g/mol. The Morgan fingerprint density at radius 1 is 1.05 bits per heavy atom. The van der Waals surface area contributed by atoms with Gasteiger partial charge in [-0.15, -0.1) is 0 Å². The lowest BCUT2D eigenvalue weighted by Crippen LogP contribution is -2.24. The fourth-order valence-electron chi connectivity index (χ4n) is 1.86. The Kier molecular flexibility index (Phi) is 5.08. The van der Waals surface area contributed by atoms with Crippen molar-refractivity contribution in [2.45, 2.75) is 6.54 Å². The molecular formula is C17H17NO3S. The van der Waals surface area contributed by atoms with E-state index in [1.807, 2.05) is 42.5 Å². The van der Waals surface area contributed by atoms with Crippen molar-refractivity contribution in [1.29, 1.82) is 0 Å². The van der Waals surface area contributed by atoms with Gasteiger partial charge in [-0.05, 0) is 23.6 Å². The fourth-order valence-corrected chi connectivity index (χ4v) is 2.45. The van der Waals surface area contributed by atoms with E-state index in [1.54, 1.807) is 19.2 Å². The molecule has 0 aliphatic heterocycles. The zero-order valence-corrected chi connectivity index (χ0v) is 13.3. The van der Waals surface area contributed by atoms with Crippen LogP contribution >= 0.6 is 0 Å². The van der Waals surface area contributed by atoms with Gasteiger partial charge in [0.2, 0.25) is 10.0 Å². The van der Waals surface area contributed by atoms with Crippen molar-refractivity contribution >= 4 is 10.0 Å². The number of methoxy groups -OCH3 is 1. The van der Waals surface area contributed by atoms with Crippen molar-refractivity contribution < 1.29 is 13.2 Å². The lowest BCUT2D eigenvalue weighted by molar-refractivity contribution is 0.413. The first-order valence-electron chi connectivity index (χ1n) is 6.67. The van der Waals surface area contributed by atoms with Crippen LogP contribution in [-0.2, 0) is 16.6 Å². The molecule has 2 rings (SSSR count). The van der Waals surface area contributed by atoms with Crippen molar-refractivity contribution in [3.63, 3.8) is 0 Å². The van der Waals surface area contributed by atoms with Crippen LogP contribution in [0.5, 0.6) is 5.75 Å². The fraction of sp³-hybridized carbons (Fsp3) is 0.176. The van der Waals surface area contributed by atoms with Gasteiger partial charge in [0.05, 0.1) is 25.5 Å². The smallest absolute Gasteiger partial charge is 0.239 e. The first-order valence-corrected chi connectivity index (χ1v) is 8.52. The summed E-state index contributed by atoms with van der Waals surface area (Å²) < 4.78 is 30.2. The summed E-state index contributed by atoms with van der Waals surface area (Å²) in [5.41, 5.74) is 1.52. The molecule has 0 atom stereocenters. The Bertz CT molecular complexity index is 789. The van der Waals surface area contributed by atoms with Gasteiger partial charge < -0.3 is 4.74 Å². The van der Waals surface area contributed by atoms with Crippen molar-refractivity contribution in [3.8, 4) is 17.7 Å². The van der Waals surface area contributed by atoms with Gasteiger partial charge in [-0.1, -0.05) is 42.5 Å². The largest absolute Gasteiger partial charge is 0.495 e. The highest BCUT2D eigenvalue weighted by atomic mass is 32.2. The third-order valence-corrected chi connectivity index (χ3v) is 4.01. The van der Waals surface area contributed by atoms with E-state index in [4.69, 9.17) is 4.74 Å². The summed E-state index contributed by atoms with van der Waals surface area (Å²) in [5, 5.41) is 0. The molecule has 0 amide bonds. The number of rotatable bonds is 4. The molecule has 0 N–H and O–H groups in total. The quantitative estimate of drug-likeness (QED) is 0.643. The summed E-state index contributed by atoms with van der Waals surface area (Å²) in [6.07, 6.45) is 1.15. The zero-order chi connectivity index (χ0) is 16.0. The topological polar surface area (TPSA) is 46.6 Å². The van der Waals surface area contributed by atoms with E-state index in [0.29, 0.717) is 11.3 Å². The Labute approximate surface area is 131 Å². The Morgan fingerprint density at radius 2 is 1.68 bits per heavy atom. The van der Waals surface area contributed by atoms with Crippen LogP contribution in [0.15, 0.2) is 54.6 Å². The second kappa shape index (κ2) is 7.01. The Morgan fingerprint density at radius 3 is 2.32 bits per heavy atom. The summed E-state index contributed by atoms with van der Waals surface area (Å²) in [5.74, 6) is 3.48. The summed E-state index contributed by atoms with van der Waals surface area (Å²) in [7, 11) is -1.88. The molecule has 4 nitrogen and oxygen atoms in total. The van der Waals surface area contributed by atoms with Crippen LogP contribution in [0.4, 0.5) is 0 Å². The molecule has 2 aromatic carbocycles. The molecule has 22 heavy (non-hydrogen) atoms. The molecule has 2 aromatic rings. The van der Waals surface area contributed by atoms with Crippen LogP contribution in [0.25, 0.3) is 0 Å². The van der Waals surface area contributed by atoms with E-state index in [2.05, 4.69) is 12.0 Å². The number of sulfonamides is 1. The number of benzene rings is 2. The summed E-state index contributed by atoms with van der Waals surface area (Å²) in [6, 6.07) is 19.3. The molecule has 0 saturated heterocycles. The molecule has 0 aliphatic carbocycles. The van der Waals surface area contributed by atoms with Gasteiger partial charge >= 0.3 is 0 Å². The molecule has 114 valence electrons. The molecule has 0 saturated carbocycles. The van der Waals surface area contributed by atoms with E-state index in [0.717, 1.165) is 16.1 Å². The highest BCUT2D eigenvalue weighted by Crippen LogP contribution is 2.16. The average molecular weight is 315 g/mol. The molecule has 0 heterocycles. The predicted molar refractivity (Wildman–Crippen MR) is 86.7 cm³/mol. The Balaban J connectivity index is 2.31. The molecule has 0 bridgehead atoms. The zero-order valence-electron chi connectivity index (χ0n) is 12.5. The minimum atomic E-state index is -3.43. The van der Waals surface area contributed by atoms with Gasteiger partial charge in [0.15, 0.2) is 0 Å². The highest BCUT2D eigenvalue weighted by Gasteiger charge is 2.13. The molecule has 0 fully saturated rings. The van der Waals surface area contributed by atoms with Crippen LogP contribution in [0.2, 0.25) is 0 Å². The maximum absolute atomic E-state index is 11.9. The minimum Gasteiger partial charge on any atom is -0.495 e. The van der Waals surface area contributed by atoms with Crippen molar-refractivity contribution in [3.05, 3.63) is 65.7 Å². The molecular weight excluding hydrogens is 298 g/mol. The molecule has 0 aromatic heterocycles. The molecule has 0 spiro atoms. The van der Waals surface area contributed by atoms with Crippen molar-refractivity contribution in [1.82, 2.24) is 4.31 Å². The second-order valence-electron chi connectivity index (χ2n) is 4.69. The van der Waals surface area contributed by atoms with Crippen LogP contribution in [0.3, 0.4) is 0 Å². The third kappa shape index (κ3) is 4.27.